The van der Waals surface area contributed by atoms with E-state index in [0.717, 1.165) is 74.8 Å². The molecule has 0 spiro atoms. The van der Waals surface area contributed by atoms with Crippen molar-refractivity contribution >= 4 is 11.7 Å². The molecule has 1 fully saturated rings. The number of fused-ring (bicyclic) bond motifs is 1. The fourth-order valence-electron chi connectivity index (χ4n) is 5.05. The van der Waals surface area contributed by atoms with Crippen molar-refractivity contribution in [1.82, 2.24) is 24.4 Å². The highest BCUT2D eigenvalue weighted by Gasteiger charge is 2.30. The van der Waals surface area contributed by atoms with Gasteiger partial charge < -0.3 is 14.4 Å². The van der Waals surface area contributed by atoms with E-state index in [1.807, 2.05) is 43.3 Å². The summed E-state index contributed by atoms with van der Waals surface area (Å²) in [6, 6.07) is 10.2. The summed E-state index contributed by atoms with van der Waals surface area (Å²) < 4.78 is 2.09. The molecule has 7 heteroatoms. The van der Waals surface area contributed by atoms with Gasteiger partial charge in [0.2, 0.25) is 5.91 Å². The van der Waals surface area contributed by atoms with E-state index in [1.54, 1.807) is 6.20 Å². The Morgan fingerprint density at radius 1 is 1.12 bits per heavy atom. The van der Waals surface area contributed by atoms with E-state index in [4.69, 9.17) is 9.97 Å². The molecular weight excluding hydrogens is 412 g/mol. The zero-order chi connectivity index (χ0) is 22.8. The fraction of sp³-hybridized carbons (Fsp3) is 0.462. The first kappa shape index (κ1) is 21.6. The van der Waals surface area contributed by atoms with Crippen molar-refractivity contribution in [2.24, 2.45) is 5.92 Å². The zero-order valence-corrected chi connectivity index (χ0v) is 19.6. The lowest BCUT2D eigenvalue weighted by Crippen LogP contribution is -2.42. The molecule has 1 saturated heterocycles. The average molecular weight is 445 g/mol. The first-order valence-electron chi connectivity index (χ1n) is 12.0. The summed E-state index contributed by atoms with van der Waals surface area (Å²) in [4.78, 5) is 31.5. The van der Waals surface area contributed by atoms with Crippen molar-refractivity contribution in [2.75, 3.05) is 31.6 Å². The summed E-state index contributed by atoms with van der Waals surface area (Å²) in [5, 5.41) is 0. The van der Waals surface area contributed by atoms with Crippen LogP contribution >= 0.6 is 0 Å². The van der Waals surface area contributed by atoms with Gasteiger partial charge in [-0.2, -0.15) is 0 Å². The van der Waals surface area contributed by atoms with Crippen LogP contribution in [0.4, 0.5) is 5.82 Å². The van der Waals surface area contributed by atoms with E-state index >= 15 is 0 Å². The standard InChI is InChI=1S/C26H32N6O/c1-19-27-13-16-31(19)18-17-30(2)26(33)21-11-14-32(15-12-21)25-22-9-6-10-23(22)28-24(29-25)20-7-4-3-5-8-20/h3-5,7-8,13,16,21H,6,9-12,14-15,17-18H2,1-2H3. The van der Waals surface area contributed by atoms with Gasteiger partial charge >= 0.3 is 0 Å². The number of carbonyl (C=O) groups is 1. The van der Waals surface area contributed by atoms with Gasteiger partial charge in [0.1, 0.15) is 11.6 Å². The van der Waals surface area contributed by atoms with E-state index in [1.165, 1.54) is 11.3 Å². The monoisotopic (exact) mass is 444 g/mol. The number of piperidine rings is 1. The van der Waals surface area contributed by atoms with Crippen LogP contribution in [0.25, 0.3) is 11.4 Å². The smallest absolute Gasteiger partial charge is 0.225 e. The maximum atomic E-state index is 13.1. The molecule has 2 aromatic heterocycles. The summed E-state index contributed by atoms with van der Waals surface area (Å²) in [5.41, 5.74) is 3.58. The molecule has 172 valence electrons. The Hall–Kier alpha value is -3.22. The fourth-order valence-corrected chi connectivity index (χ4v) is 5.05. The third-order valence-electron chi connectivity index (χ3n) is 7.06. The van der Waals surface area contributed by atoms with Gasteiger partial charge in [0.05, 0.1) is 0 Å². The van der Waals surface area contributed by atoms with Gasteiger partial charge in [-0.05, 0) is 39.0 Å². The first-order valence-corrected chi connectivity index (χ1v) is 12.0. The van der Waals surface area contributed by atoms with Crippen molar-refractivity contribution in [3.8, 4) is 11.4 Å². The van der Waals surface area contributed by atoms with Crippen LogP contribution < -0.4 is 4.90 Å². The highest BCUT2D eigenvalue weighted by molar-refractivity contribution is 5.79. The number of hydrogen-bond donors (Lipinski definition) is 0. The molecule has 0 saturated carbocycles. The molecule has 1 amide bonds. The van der Waals surface area contributed by atoms with Crippen LogP contribution in [-0.2, 0) is 24.2 Å². The van der Waals surface area contributed by atoms with Gasteiger partial charge in [0, 0.05) is 68.4 Å². The maximum absolute atomic E-state index is 13.1. The number of aryl methyl sites for hydroxylation is 2. The number of rotatable bonds is 6. The van der Waals surface area contributed by atoms with Gasteiger partial charge in [0.25, 0.3) is 0 Å². The highest BCUT2D eigenvalue weighted by atomic mass is 16.2. The highest BCUT2D eigenvalue weighted by Crippen LogP contribution is 2.33. The van der Waals surface area contributed by atoms with Crippen molar-refractivity contribution < 1.29 is 4.79 Å². The summed E-state index contributed by atoms with van der Waals surface area (Å²) in [5.74, 6) is 3.23. The molecule has 1 aromatic carbocycles. The molecule has 1 aliphatic carbocycles. The molecule has 2 aliphatic rings. The molecule has 1 aliphatic heterocycles. The molecular formula is C26H32N6O. The Balaban J connectivity index is 1.25. The number of benzene rings is 1. The van der Waals surface area contributed by atoms with E-state index in [-0.39, 0.29) is 11.8 Å². The first-order chi connectivity index (χ1) is 16.1. The summed E-state index contributed by atoms with van der Waals surface area (Å²) in [7, 11) is 1.92. The lowest BCUT2D eigenvalue weighted by Gasteiger charge is -2.35. The molecule has 0 radical (unpaired) electrons. The number of amides is 1. The van der Waals surface area contributed by atoms with Crippen molar-refractivity contribution in [1.29, 1.82) is 0 Å². The van der Waals surface area contributed by atoms with Gasteiger partial charge in [0.15, 0.2) is 5.82 Å². The van der Waals surface area contributed by atoms with Crippen molar-refractivity contribution in [3.05, 3.63) is 59.8 Å². The van der Waals surface area contributed by atoms with Gasteiger partial charge in [-0.15, -0.1) is 0 Å². The second-order valence-corrected chi connectivity index (χ2v) is 9.20. The van der Waals surface area contributed by atoms with Crippen LogP contribution in [0.3, 0.4) is 0 Å². The molecule has 0 unspecified atom stereocenters. The van der Waals surface area contributed by atoms with Gasteiger partial charge in [-0.25, -0.2) is 15.0 Å². The topological polar surface area (TPSA) is 67.2 Å². The molecule has 3 heterocycles. The van der Waals surface area contributed by atoms with Gasteiger partial charge in [-0.3, -0.25) is 4.79 Å². The number of aromatic nitrogens is 4. The molecule has 0 atom stereocenters. The average Bonchev–Trinajstić information content (AvgIpc) is 3.50. The lowest BCUT2D eigenvalue weighted by molar-refractivity contribution is -0.135. The third kappa shape index (κ3) is 4.49. The number of anilines is 1. The van der Waals surface area contributed by atoms with E-state index in [9.17, 15) is 4.79 Å². The summed E-state index contributed by atoms with van der Waals surface area (Å²) >= 11 is 0. The van der Waals surface area contributed by atoms with Crippen LogP contribution in [0.2, 0.25) is 0 Å². The Bertz CT molecular complexity index is 1120. The number of carbonyl (C=O) groups excluding carboxylic acids is 1. The third-order valence-corrected chi connectivity index (χ3v) is 7.06. The second-order valence-electron chi connectivity index (χ2n) is 9.20. The molecule has 0 N–H and O–H groups in total. The van der Waals surface area contributed by atoms with Crippen LogP contribution in [-0.4, -0.2) is 57.0 Å². The van der Waals surface area contributed by atoms with E-state index in [2.05, 4.69) is 26.6 Å². The quantitative estimate of drug-likeness (QED) is 0.582. The van der Waals surface area contributed by atoms with Crippen LogP contribution in [0.15, 0.2) is 42.7 Å². The predicted octanol–water partition coefficient (Wildman–Crippen LogP) is 3.51. The molecule has 7 nitrogen and oxygen atoms in total. The number of likely N-dealkylation sites (N-methyl/N-ethyl adjacent to an activating group) is 1. The summed E-state index contributed by atoms with van der Waals surface area (Å²) in [6.45, 7) is 5.20. The Labute approximate surface area is 195 Å². The molecule has 33 heavy (non-hydrogen) atoms. The van der Waals surface area contributed by atoms with Crippen LogP contribution in [0, 0.1) is 12.8 Å². The normalized spacial score (nSPS) is 16.1. The number of nitrogens with zero attached hydrogens (tertiary/aromatic N) is 6. The van der Waals surface area contributed by atoms with Crippen molar-refractivity contribution in [3.63, 3.8) is 0 Å². The molecule has 0 bridgehead atoms. The predicted molar refractivity (Wildman–Crippen MR) is 129 cm³/mol. The zero-order valence-electron chi connectivity index (χ0n) is 19.6. The molecule has 3 aromatic rings. The Kier molecular flexibility index (Phi) is 6.11. The van der Waals surface area contributed by atoms with Crippen molar-refractivity contribution in [2.45, 2.75) is 45.6 Å². The SMILES string of the molecule is Cc1nccn1CCN(C)C(=O)C1CCN(c2nc(-c3ccccc3)nc3c2CCC3)CC1. The van der Waals surface area contributed by atoms with Crippen LogP contribution in [0.5, 0.6) is 0 Å². The largest absolute Gasteiger partial charge is 0.356 e. The second kappa shape index (κ2) is 9.33. The maximum Gasteiger partial charge on any atom is 0.225 e. The molecule has 5 rings (SSSR count). The Morgan fingerprint density at radius 3 is 2.64 bits per heavy atom. The number of imidazole rings is 1. The lowest BCUT2D eigenvalue weighted by atomic mass is 9.95. The summed E-state index contributed by atoms with van der Waals surface area (Å²) in [6.07, 6.45) is 8.73. The van der Waals surface area contributed by atoms with E-state index < -0.39 is 0 Å². The minimum absolute atomic E-state index is 0.0820. The van der Waals surface area contributed by atoms with Gasteiger partial charge in [-0.1, -0.05) is 30.3 Å². The minimum atomic E-state index is 0.0820. The van der Waals surface area contributed by atoms with E-state index in [0.29, 0.717) is 6.54 Å². The van der Waals surface area contributed by atoms with Crippen LogP contribution in [0.1, 0.15) is 36.3 Å². The Morgan fingerprint density at radius 2 is 1.91 bits per heavy atom. The minimum Gasteiger partial charge on any atom is -0.356 e. The number of hydrogen-bond acceptors (Lipinski definition) is 5.